The fourth-order valence-corrected chi connectivity index (χ4v) is 4.47. The van der Waals surface area contributed by atoms with Crippen LogP contribution in [0.25, 0.3) is 17.1 Å². The Morgan fingerprint density at radius 2 is 1.84 bits per heavy atom. The van der Waals surface area contributed by atoms with Crippen molar-refractivity contribution in [3.05, 3.63) is 77.4 Å². The van der Waals surface area contributed by atoms with E-state index >= 15 is 0 Å². The first-order valence-corrected chi connectivity index (χ1v) is 11.3. The zero-order valence-electron chi connectivity index (χ0n) is 16.8. The average Bonchev–Trinajstić information content (AvgIpc) is 3.45. The summed E-state index contributed by atoms with van der Waals surface area (Å²) < 4.78 is 19.9. The molecule has 0 fully saturated rings. The van der Waals surface area contributed by atoms with Crippen LogP contribution in [0.2, 0.25) is 0 Å². The molecular formula is C22H17FN4O3S2. The Morgan fingerprint density at radius 3 is 2.56 bits per heavy atom. The number of nitrogens with one attached hydrogen (secondary N) is 1. The summed E-state index contributed by atoms with van der Waals surface area (Å²) in [6.07, 6.45) is 0. The molecule has 4 aromatic rings. The molecule has 4 rings (SSSR count). The van der Waals surface area contributed by atoms with E-state index in [0.717, 1.165) is 5.69 Å². The Kier molecular flexibility index (Phi) is 6.62. The number of amides is 1. The van der Waals surface area contributed by atoms with E-state index < -0.39 is 5.97 Å². The van der Waals surface area contributed by atoms with E-state index in [0.29, 0.717) is 27.1 Å². The van der Waals surface area contributed by atoms with Crippen LogP contribution in [0.5, 0.6) is 0 Å². The topological polar surface area (TPSA) is 86.1 Å². The van der Waals surface area contributed by atoms with Crippen molar-refractivity contribution in [1.29, 1.82) is 0 Å². The minimum atomic E-state index is -0.512. The molecule has 0 spiro atoms. The largest absolute Gasteiger partial charge is 0.465 e. The van der Waals surface area contributed by atoms with Gasteiger partial charge in [0, 0.05) is 11.3 Å². The zero-order valence-corrected chi connectivity index (χ0v) is 18.5. The number of esters is 1. The second-order valence-corrected chi connectivity index (χ2v) is 8.33. The summed E-state index contributed by atoms with van der Waals surface area (Å²) >= 11 is 2.44. The van der Waals surface area contributed by atoms with Crippen molar-refractivity contribution < 1.29 is 18.7 Å². The predicted octanol–water partition coefficient (Wildman–Crippen LogP) is 4.65. The van der Waals surface area contributed by atoms with Crippen molar-refractivity contribution in [3.8, 4) is 17.1 Å². The fraction of sp³-hybridized carbons (Fsp3) is 0.0909. The van der Waals surface area contributed by atoms with Crippen LogP contribution >= 0.6 is 23.1 Å². The number of carbonyl (C=O) groups is 2. The summed E-state index contributed by atoms with van der Waals surface area (Å²) in [6.45, 7) is 0. The van der Waals surface area contributed by atoms with Crippen molar-refractivity contribution in [1.82, 2.24) is 14.8 Å². The van der Waals surface area contributed by atoms with E-state index in [2.05, 4.69) is 15.5 Å². The molecule has 162 valence electrons. The molecular weight excluding hydrogens is 451 g/mol. The number of anilines is 1. The molecule has 7 nitrogen and oxygen atoms in total. The van der Waals surface area contributed by atoms with Gasteiger partial charge in [-0.05, 0) is 47.8 Å². The highest BCUT2D eigenvalue weighted by Gasteiger charge is 2.19. The molecule has 10 heteroatoms. The maximum absolute atomic E-state index is 13.4. The third-order valence-corrected chi connectivity index (χ3v) is 6.16. The summed E-state index contributed by atoms with van der Waals surface area (Å²) in [7, 11) is 1.29. The summed E-state index contributed by atoms with van der Waals surface area (Å²) in [5, 5.41) is 13.9. The summed E-state index contributed by atoms with van der Waals surface area (Å²) in [5.74, 6) is -0.570. The van der Waals surface area contributed by atoms with Gasteiger partial charge in [-0.2, -0.15) is 0 Å². The first kappa shape index (κ1) is 21.7. The number of halogens is 1. The van der Waals surface area contributed by atoms with Crippen LogP contribution in [0.4, 0.5) is 9.39 Å². The van der Waals surface area contributed by atoms with Gasteiger partial charge < -0.3 is 10.1 Å². The second-order valence-electron chi connectivity index (χ2n) is 6.48. The van der Waals surface area contributed by atoms with Gasteiger partial charge in [-0.3, -0.25) is 9.36 Å². The number of hydrogen-bond donors (Lipinski definition) is 1. The smallest absolute Gasteiger partial charge is 0.340 e. The normalized spacial score (nSPS) is 10.7. The number of para-hydroxylation sites is 1. The van der Waals surface area contributed by atoms with Gasteiger partial charge in [-0.15, -0.1) is 21.5 Å². The minimum absolute atomic E-state index is 0.0485. The number of carbonyl (C=O) groups excluding carboxylic acids is 2. The molecule has 2 aromatic heterocycles. The Balaban J connectivity index is 1.56. The second kappa shape index (κ2) is 9.75. The highest BCUT2D eigenvalue weighted by molar-refractivity contribution is 7.99. The minimum Gasteiger partial charge on any atom is -0.465 e. The molecule has 0 aliphatic rings. The van der Waals surface area contributed by atoms with Crippen LogP contribution in [0, 0.1) is 5.82 Å². The Hall–Kier alpha value is -3.50. The first-order chi connectivity index (χ1) is 15.6. The fourth-order valence-electron chi connectivity index (χ4n) is 2.93. The van der Waals surface area contributed by atoms with Crippen LogP contribution in [0.1, 0.15) is 10.4 Å². The van der Waals surface area contributed by atoms with E-state index in [4.69, 9.17) is 4.74 Å². The van der Waals surface area contributed by atoms with Crippen molar-refractivity contribution in [2.75, 3.05) is 18.2 Å². The number of nitrogens with zero attached hydrogens (tertiary/aromatic N) is 3. The molecule has 1 N–H and O–H groups in total. The third-order valence-electron chi connectivity index (χ3n) is 4.41. The lowest BCUT2D eigenvalue weighted by Crippen LogP contribution is -2.16. The molecule has 0 atom stereocenters. The monoisotopic (exact) mass is 468 g/mol. The van der Waals surface area contributed by atoms with E-state index in [1.54, 1.807) is 23.6 Å². The summed E-state index contributed by atoms with van der Waals surface area (Å²) in [6, 6.07) is 17.0. The molecule has 2 aromatic carbocycles. The SMILES string of the molecule is COC(=O)c1ccsc1NC(=O)CSc1nnc(-c2ccc(F)cc2)n1-c1ccccc1. The number of benzene rings is 2. The summed E-state index contributed by atoms with van der Waals surface area (Å²) in [5.41, 5.74) is 1.81. The van der Waals surface area contributed by atoms with E-state index in [-0.39, 0.29) is 17.5 Å². The van der Waals surface area contributed by atoms with Gasteiger partial charge in [-0.1, -0.05) is 30.0 Å². The van der Waals surface area contributed by atoms with Gasteiger partial charge in [0.1, 0.15) is 10.8 Å². The molecule has 0 aliphatic carbocycles. The van der Waals surface area contributed by atoms with Crippen molar-refractivity contribution in [2.45, 2.75) is 5.16 Å². The van der Waals surface area contributed by atoms with Crippen molar-refractivity contribution >= 4 is 40.0 Å². The molecule has 0 bridgehead atoms. The van der Waals surface area contributed by atoms with Crippen LogP contribution in [0.3, 0.4) is 0 Å². The molecule has 0 radical (unpaired) electrons. The number of hydrogen-bond acceptors (Lipinski definition) is 7. The predicted molar refractivity (Wildman–Crippen MR) is 122 cm³/mol. The molecule has 1 amide bonds. The Labute approximate surface area is 191 Å². The molecule has 0 unspecified atom stereocenters. The number of thioether (sulfide) groups is 1. The van der Waals surface area contributed by atoms with Gasteiger partial charge in [0.2, 0.25) is 5.91 Å². The van der Waals surface area contributed by atoms with E-state index in [9.17, 15) is 14.0 Å². The average molecular weight is 469 g/mol. The maximum atomic E-state index is 13.4. The molecule has 32 heavy (non-hydrogen) atoms. The number of thiophene rings is 1. The highest BCUT2D eigenvalue weighted by atomic mass is 32.2. The van der Waals surface area contributed by atoms with Crippen LogP contribution in [0.15, 0.2) is 71.2 Å². The van der Waals surface area contributed by atoms with Crippen molar-refractivity contribution in [2.24, 2.45) is 0 Å². The highest BCUT2D eigenvalue weighted by Crippen LogP contribution is 2.29. The van der Waals surface area contributed by atoms with E-state index in [1.807, 2.05) is 34.9 Å². The number of aromatic nitrogens is 3. The molecule has 0 saturated carbocycles. The van der Waals surface area contributed by atoms with E-state index in [1.165, 1.54) is 42.3 Å². The number of methoxy groups -OCH3 is 1. The number of ether oxygens (including phenoxy) is 1. The van der Waals surface area contributed by atoms with Crippen LogP contribution in [-0.2, 0) is 9.53 Å². The zero-order chi connectivity index (χ0) is 22.5. The van der Waals surface area contributed by atoms with Gasteiger partial charge in [0.25, 0.3) is 0 Å². The molecule has 0 aliphatic heterocycles. The maximum Gasteiger partial charge on any atom is 0.340 e. The third kappa shape index (κ3) is 4.71. The van der Waals surface area contributed by atoms with Gasteiger partial charge in [-0.25, -0.2) is 9.18 Å². The van der Waals surface area contributed by atoms with Gasteiger partial charge in [0.05, 0.1) is 18.4 Å². The first-order valence-electron chi connectivity index (χ1n) is 9.42. The number of rotatable bonds is 7. The Morgan fingerprint density at radius 1 is 1.09 bits per heavy atom. The van der Waals surface area contributed by atoms with Crippen LogP contribution < -0.4 is 5.32 Å². The lowest BCUT2D eigenvalue weighted by molar-refractivity contribution is -0.113. The van der Waals surface area contributed by atoms with Crippen molar-refractivity contribution in [3.63, 3.8) is 0 Å². The Bertz CT molecular complexity index is 1240. The lowest BCUT2D eigenvalue weighted by atomic mass is 10.2. The quantitative estimate of drug-likeness (QED) is 0.314. The van der Waals surface area contributed by atoms with Gasteiger partial charge >= 0.3 is 5.97 Å². The summed E-state index contributed by atoms with van der Waals surface area (Å²) in [4.78, 5) is 24.3. The van der Waals surface area contributed by atoms with Crippen LogP contribution in [-0.4, -0.2) is 39.5 Å². The van der Waals surface area contributed by atoms with Gasteiger partial charge in [0.15, 0.2) is 11.0 Å². The lowest BCUT2D eigenvalue weighted by Gasteiger charge is -2.10. The molecule has 0 saturated heterocycles. The standard InChI is InChI=1S/C22H17FN4O3S2/c1-30-21(29)17-11-12-31-20(17)24-18(28)13-32-22-26-25-19(14-7-9-15(23)10-8-14)27(22)16-5-3-2-4-6-16/h2-12H,13H2,1H3,(H,24,28). The molecule has 2 heterocycles.